The summed E-state index contributed by atoms with van der Waals surface area (Å²) in [6.07, 6.45) is 5.33. The molecule has 10 nitrogen and oxygen atoms in total. The van der Waals surface area contributed by atoms with Crippen molar-refractivity contribution in [3.8, 4) is 0 Å². The summed E-state index contributed by atoms with van der Waals surface area (Å²) in [4.78, 5) is 52.0. The van der Waals surface area contributed by atoms with Crippen molar-refractivity contribution < 1.29 is 50.4 Å². The average molecular weight is 787 g/mol. The number of carbonyl (C=O) groups is 4. The fourth-order valence-electron chi connectivity index (χ4n) is 6.34. The van der Waals surface area contributed by atoms with Gasteiger partial charge in [-0.05, 0) is 25.2 Å². The first-order valence-corrected chi connectivity index (χ1v) is 13.2. The number of ether oxygens (including phenoxy) is 2. The molecule has 2 bridgehead atoms. The van der Waals surface area contributed by atoms with Crippen LogP contribution < -0.4 is 0 Å². The van der Waals surface area contributed by atoms with E-state index in [1.807, 2.05) is 0 Å². The van der Waals surface area contributed by atoms with Crippen LogP contribution in [0, 0.1) is 36.2 Å². The fourth-order valence-corrected chi connectivity index (χ4v) is 6.51. The molecule has 6 atom stereocenters. The second-order valence-corrected chi connectivity index (χ2v) is 11.3. The average Bonchev–Trinajstić information content (AvgIpc) is 3.33. The van der Waals surface area contributed by atoms with Gasteiger partial charge in [0.25, 0.3) is 11.2 Å². The molecular weight excluding hydrogens is 759 g/mol. The van der Waals surface area contributed by atoms with Crippen LogP contribution in [0.1, 0.15) is 58.3 Å². The van der Waals surface area contributed by atoms with Gasteiger partial charge in [0.15, 0.2) is 0 Å². The van der Waals surface area contributed by atoms with E-state index >= 15 is 0 Å². The van der Waals surface area contributed by atoms with E-state index in [4.69, 9.17) is 4.74 Å². The Balaban J connectivity index is 0.00000361. The largest absolute Gasteiger partial charge is 0.746 e. The Labute approximate surface area is 201 Å². The van der Waals surface area contributed by atoms with Crippen molar-refractivity contribution in [2.45, 2.75) is 75.7 Å². The number of hydrogen-bond donors (Lipinski definition) is 0. The fraction of sp³-hybridized carbons (Fsp3) is 0.773. The summed E-state index contributed by atoms with van der Waals surface area (Å²) in [5.41, 5.74) is 0. The Hall–Kier alpha value is -3.15. The van der Waals surface area contributed by atoms with Crippen molar-refractivity contribution in [3.05, 3.63) is 6.61 Å². The summed E-state index contributed by atoms with van der Waals surface area (Å²) in [5, 5.41) is -4.96. The second-order valence-electron chi connectivity index (χ2n) is 9.85. The molecule has 0 spiro atoms. The van der Waals surface area contributed by atoms with Crippen LogP contribution in [0.15, 0.2) is 0 Å². The topological polar surface area (TPSA) is 147 Å². The van der Waals surface area contributed by atoms with E-state index in [-0.39, 0.29) is 12.3 Å². The van der Waals surface area contributed by atoms with Crippen molar-refractivity contribution >= 4 is 33.9 Å². The van der Waals surface area contributed by atoms with Crippen molar-refractivity contribution in [2.24, 2.45) is 29.6 Å². The minimum absolute atomic E-state index is 0. The van der Waals surface area contributed by atoms with Crippen LogP contribution in [0.4, 0.5) is 8.78 Å². The Bertz CT molecular complexity index is 1010. The number of fused-ring (bicyclic) bond motifs is 1. The van der Waals surface area contributed by atoms with Gasteiger partial charge >= 0.3 is 5.97 Å². The van der Waals surface area contributed by atoms with Crippen molar-refractivity contribution in [1.82, 2.24) is 4.90 Å². The van der Waals surface area contributed by atoms with Crippen molar-refractivity contribution in [3.63, 3.8) is 0 Å². The molecule has 36 heavy (non-hydrogen) atoms. The van der Waals surface area contributed by atoms with E-state index in [0.29, 0.717) is 12.8 Å². The Kier molecular flexibility index (Phi) is 7.41. The number of carbonyl (C=O) groups excluding carboxylic acids is 4. The number of likely N-dealkylation sites (tertiary alicyclic amines) is 1. The molecule has 4 fully saturated rings. The summed E-state index contributed by atoms with van der Waals surface area (Å²) in [7, 11) is -6.12. The van der Waals surface area contributed by atoms with Gasteiger partial charge < -0.3 is 14.0 Å². The summed E-state index contributed by atoms with van der Waals surface area (Å²) in [5.74, 6) is -7.15. The van der Waals surface area contributed by atoms with Crippen LogP contribution in [0.5, 0.6) is 0 Å². The number of amides is 2. The second kappa shape index (κ2) is 9.72. The van der Waals surface area contributed by atoms with Gasteiger partial charge in [0.05, 0.1) is 23.8 Å². The van der Waals surface area contributed by atoms with E-state index in [1.165, 1.54) is 6.92 Å². The molecule has 1 saturated heterocycles. The van der Waals surface area contributed by atoms with E-state index in [1.54, 1.807) is 0 Å². The van der Waals surface area contributed by atoms with E-state index in [2.05, 4.69) is 4.74 Å². The molecule has 4 aliphatic rings. The standard InChI is InChI=1S/C22H28F2NO9S.Rf/c1-11(26)25-17-13-9-14(18(17)34-20(28)12-7-5-3-2-4-6-8-12)16(15(13)19(25)27)21(29)33-10-22(23,24)35(30,31)32;/h10,12-18H,2-9H2,1H3,(H,30,31,32);/q-1;/p-1. The van der Waals surface area contributed by atoms with E-state index < -0.39 is 81.5 Å². The first kappa shape index (κ1) is 27.4. The molecule has 4 rings (SSSR count). The van der Waals surface area contributed by atoms with Crippen LogP contribution >= 0.6 is 0 Å². The number of imide groups is 1. The maximum Gasteiger partial charge on any atom is 0.309 e. The van der Waals surface area contributed by atoms with Crippen LogP contribution in [-0.4, -0.2) is 59.0 Å². The molecular formula is C22H27F2NO9RfS-2. The van der Waals surface area contributed by atoms with Gasteiger partial charge in [-0.15, -0.1) is 0 Å². The first-order valence-electron chi connectivity index (χ1n) is 11.8. The third kappa shape index (κ3) is 4.54. The zero-order valence-electron chi connectivity index (χ0n) is 19.8. The molecule has 2 amide bonds. The van der Waals surface area contributed by atoms with Gasteiger partial charge in [0, 0.05) is 12.8 Å². The van der Waals surface area contributed by atoms with Gasteiger partial charge in [-0.2, -0.15) is 0 Å². The zero-order valence-corrected chi connectivity index (χ0v) is 27.0. The molecule has 14 heteroatoms. The summed E-state index contributed by atoms with van der Waals surface area (Å²) >= 11 is 0. The monoisotopic (exact) mass is 786 g/mol. The predicted molar refractivity (Wildman–Crippen MR) is 111 cm³/mol. The molecule has 1 heterocycles. The van der Waals surface area contributed by atoms with Gasteiger partial charge in [0.2, 0.25) is 11.8 Å². The predicted octanol–water partition coefficient (Wildman–Crippen LogP) is 1.74. The number of alkyl halides is 2. The van der Waals surface area contributed by atoms with E-state index in [9.17, 15) is 40.9 Å². The van der Waals surface area contributed by atoms with Crippen LogP contribution in [-0.2, 0) is 38.8 Å². The number of esters is 2. The Morgan fingerprint density at radius 3 is 2.19 bits per heavy atom. The molecule has 0 N–H and O–H groups in total. The Morgan fingerprint density at radius 2 is 1.64 bits per heavy atom. The molecule has 0 aromatic heterocycles. The van der Waals surface area contributed by atoms with Crippen LogP contribution in [0.3, 0.4) is 0 Å². The molecule has 0 aromatic carbocycles. The third-order valence-electron chi connectivity index (χ3n) is 7.82. The van der Waals surface area contributed by atoms with Crippen molar-refractivity contribution in [1.29, 1.82) is 0 Å². The number of hydrogen-bond acceptors (Lipinski definition) is 9. The number of nitrogens with zero attached hydrogens (tertiary/aromatic N) is 1. The first-order chi connectivity index (χ1) is 16.3. The van der Waals surface area contributed by atoms with Gasteiger partial charge in [-0.3, -0.25) is 24.1 Å². The number of rotatable bonds is 6. The number of halogens is 2. The maximum atomic E-state index is 13.5. The quantitative estimate of drug-likeness (QED) is 0.223. The molecule has 0 aromatic rings. The summed E-state index contributed by atoms with van der Waals surface area (Å²) in [6, 6.07) is -0.760. The molecule has 6 unspecified atom stereocenters. The smallest absolute Gasteiger partial charge is 0.309 e. The third-order valence-corrected chi connectivity index (χ3v) is 8.58. The molecule has 0 radical (unpaired) electrons. The SMILES string of the molecule is CC(=O)N1C(=O)C2C3CC(C(OC(=O)C4CCCCCCC4)C31)C2C(=O)O[CH-]C(F)(F)S(=O)(=O)[O-].[Rf]. The summed E-state index contributed by atoms with van der Waals surface area (Å²) < 4.78 is 69.3. The zero-order chi connectivity index (χ0) is 25.7. The maximum absolute atomic E-state index is 13.5. The molecule has 3 saturated carbocycles. The van der Waals surface area contributed by atoms with Gasteiger partial charge in [-0.1, -0.05) is 38.7 Å². The Morgan fingerprint density at radius 1 is 1.06 bits per heavy atom. The molecule has 1 aliphatic heterocycles. The summed E-state index contributed by atoms with van der Waals surface area (Å²) in [6.45, 7) is 0.517. The van der Waals surface area contributed by atoms with Crippen LogP contribution in [0.25, 0.3) is 0 Å². The minimum Gasteiger partial charge on any atom is -0.746 e. The molecule has 198 valence electrons. The van der Waals surface area contributed by atoms with E-state index in [0.717, 1.165) is 37.0 Å². The van der Waals surface area contributed by atoms with Gasteiger partial charge in [0.1, 0.15) is 16.2 Å². The minimum atomic E-state index is -6.12. The molecule has 3 aliphatic carbocycles. The normalized spacial score (nSPS) is 32.4. The van der Waals surface area contributed by atoms with Gasteiger partial charge in [-0.25, -0.2) is 17.2 Å². The van der Waals surface area contributed by atoms with Crippen LogP contribution in [0.2, 0.25) is 0 Å². The van der Waals surface area contributed by atoms with Crippen molar-refractivity contribution in [2.75, 3.05) is 0 Å².